The van der Waals surface area contributed by atoms with Crippen LogP contribution in [0.2, 0.25) is 5.02 Å². The molecule has 0 unspecified atom stereocenters. The Labute approximate surface area is 129 Å². The van der Waals surface area contributed by atoms with E-state index in [2.05, 4.69) is 16.0 Å². The third-order valence-corrected chi connectivity index (χ3v) is 4.19. The molecule has 5 heteroatoms. The number of hydrogen-bond donors (Lipinski definition) is 1. The lowest BCUT2D eigenvalue weighted by molar-refractivity contribution is 0.205. The van der Waals surface area contributed by atoms with Gasteiger partial charge in [-0.05, 0) is 49.2 Å². The molecule has 1 fully saturated rings. The average Bonchev–Trinajstić information content (AvgIpc) is 3.09. The summed E-state index contributed by atoms with van der Waals surface area (Å²) in [6.45, 7) is 0.787. The number of hydrogen-bond acceptors (Lipinski definition) is 1. The van der Waals surface area contributed by atoms with Crippen LogP contribution >= 0.6 is 11.6 Å². The zero-order valence-electron chi connectivity index (χ0n) is 11.9. The molecule has 2 heterocycles. The fourth-order valence-corrected chi connectivity index (χ4v) is 2.99. The topological polar surface area (TPSA) is 37.3 Å². The number of urea groups is 1. The van der Waals surface area contributed by atoms with Gasteiger partial charge in [-0.2, -0.15) is 0 Å². The van der Waals surface area contributed by atoms with E-state index >= 15 is 0 Å². The van der Waals surface area contributed by atoms with Gasteiger partial charge in [0.25, 0.3) is 0 Å². The first-order valence-electron chi connectivity index (χ1n) is 7.09. The third kappa shape index (κ3) is 2.90. The number of amides is 2. The van der Waals surface area contributed by atoms with Crippen molar-refractivity contribution >= 4 is 23.3 Å². The van der Waals surface area contributed by atoms with Crippen molar-refractivity contribution < 1.29 is 4.79 Å². The van der Waals surface area contributed by atoms with E-state index in [1.807, 2.05) is 36.3 Å². The van der Waals surface area contributed by atoms with Gasteiger partial charge in [0.15, 0.2) is 0 Å². The Morgan fingerprint density at radius 2 is 2.05 bits per heavy atom. The molecule has 1 aromatic carbocycles. The van der Waals surface area contributed by atoms with Crippen LogP contribution in [-0.2, 0) is 7.05 Å². The number of aromatic nitrogens is 1. The molecule has 2 amide bonds. The second-order valence-corrected chi connectivity index (χ2v) is 5.77. The maximum atomic E-state index is 12.5. The van der Waals surface area contributed by atoms with Gasteiger partial charge in [0, 0.05) is 36.2 Å². The monoisotopic (exact) mass is 303 g/mol. The summed E-state index contributed by atoms with van der Waals surface area (Å²) in [7, 11) is 2.02. The summed E-state index contributed by atoms with van der Waals surface area (Å²) < 4.78 is 2.08. The molecule has 4 nitrogen and oxygen atoms in total. The molecular weight excluding hydrogens is 286 g/mol. The van der Waals surface area contributed by atoms with E-state index in [-0.39, 0.29) is 12.1 Å². The highest BCUT2D eigenvalue weighted by molar-refractivity contribution is 6.30. The number of aryl methyl sites for hydroxylation is 1. The van der Waals surface area contributed by atoms with Crippen molar-refractivity contribution in [2.75, 3.05) is 11.9 Å². The molecule has 0 bridgehead atoms. The number of carbonyl (C=O) groups excluding carboxylic acids is 1. The highest BCUT2D eigenvalue weighted by Gasteiger charge is 2.31. The van der Waals surface area contributed by atoms with Gasteiger partial charge in [0.2, 0.25) is 0 Å². The predicted octanol–water partition coefficient (Wildman–Crippen LogP) is 4.05. The second-order valence-electron chi connectivity index (χ2n) is 5.33. The van der Waals surface area contributed by atoms with E-state index in [1.165, 1.54) is 5.69 Å². The average molecular weight is 304 g/mol. The van der Waals surface area contributed by atoms with Gasteiger partial charge >= 0.3 is 6.03 Å². The van der Waals surface area contributed by atoms with Crippen molar-refractivity contribution in [3.05, 3.63) is 53.3 Å². The lowest BCUT2D eigenvalue weighted by atomic mass is 10.1. The normalized spacial score (nSPS) is 18.0. The van der Waals surface area contributed by atoms with E-state index in [4.69, 9.17) is 11.6 Å². The summed E-state index contributed by atoms with van der Waals surface area (Å²) in [6, 6.07) is 11.4. The van der Waals surface area contributed by atoms with Crippen LogP contribution in [0.25, 0.3) is 0 Å². The highest BCUT2D eigenvalue weighted by atomic mass is 35.5. The molecular formula is C16H18ClN3O. The van der Waals surface area contributed by atoms with Crippen molar-refractivity contribution in [2.45, 2.75) is 18.9 Å². The summed E-state index contributed by atoms with van der Waals surface area (Å²) >= 11 is 5.86. The van der Waals surface area contributed by atoms with Gasteiger partial charge < -0.3 is 14.8 Å². The van der Waals surface area contributed by atoms with Crippen molar-refractivity contribution in [1.29, 1.82) is 0 Å². The number of carbonyl (C=O) groups is 1. The van der Waals surface area contributed by atoms with Crippen molar-refractivity contribution in [1.82, 2.24) is 9.47 Å². The zero-order valence-corrected chi connectivity index (χ0v) is 12.7. The van der Waals surface area contributed by atoms with Crippen LogP contribution in [0.4, 0.5) is 10.5 Å². The number of nitrogens with zero attached hydrogens (tertiary/aromatic N) is 2. The largest absolute Gasteiger partial charge is 0.353 e. The molecule has 1 aliphatic heterocycles. The molecule has 2 aromatic rings. The maximum Gasteiger partial charge on any atom is 0.322 e. The standard InChI is InChI=1S/C16H18ClN3O/c1-19-10-2-4-14(19)15-5-3-11-20(15)16(21)18-13-8-6-12(17)7-9-13/h2,4,6-10,15H,3,5,11H2,1H3,(H,18,21)/t15-/m0/s1. The van der Waals surface area contributed by atoms with Crippen LogP contribution in [0.3, 0.4) is 0 Å². The zero-order chi connectivity index (χ0) is 14.8. The number of nitrogens with one attached hydrogen (secondary N) is 1. The van der Waals surface area contributed by atoms with Gasteiger partial charge in [-0.25, -0.2) is 4.79 Å². The molecule has 110 valence electrons. The second kappa shape index (κ2) is 5.82. The van der Waals surface area contributed by atoms with E-state index < -0.39 is 0 Å². The van der Waals surface area contributed by atoms with E-state index in [0.717, 1.165) is 25.1 Å². The minimum Gasteiger partial charge on any atom is -0.353 e. The lowest BCUT2D eigenvalue weighted by Crippen LogP contribution is -2.35. The Morgan fingerprint density at radius 1 is 1.29 bits per heavy atom. The Balaban J connectivity index is 1.74. The Bertz CT molecular complexity index is 635. The van der Waals surface area contributed by atoms with Gasteiger partial charge in [-0.1, -0.05) is 11.6 Å². The van der Waals surface area contributed by atoms with E-state index in [1.54, 1.807) is 12.1 Å². The number of benzene rings is 1. The summed E-state index contributed by atoms with van der Waals surface area (Å²) in [5, 5.41) is 3.60. The molecule has 1 aromatic heterocycles. The van der Waals surface area contributed by atoms with Gasteiger partial charge in [-0.3, -0.25) is 0 Å². The first-order valence-corrected chi connectivity index (χ1v) is 7.47. The molecule has 0 aliphatic carbocycles. The fraction of sp³-hybridized carbons (Fsp3) is 0.312. The lowest BCUT2D eigenvalue weighted by Gasteiger charge is -2.25. The Kier molecular flexibility index (Phi) is 3.88. The van der Waals surface area contributed by atoms with Gasteiger partial charge in [0.1, 0.15) is 0 Å². The molecule has 0 saturated carbocycles. The molecule has 0 spiro atoms. The number of rotatable bonds is 2. The Morgan fingerprint density at radius 3 is 2.71 bits per heavy atom. The first-order chi connectivity index (χ1) is 10.1. The molecule has 0 radical (unpaired) electrons. The summed E-state index contributed by atoms with van der Waals surface area (Å²) in [5.41, 5.74) is 1.95. The van der Waals surface area contributed by atoms with Crippen LogP contribution in [0, 0.1) is 0 Å². The third-order valence-electron chi connectivity index (χ3n) is 3.93. The molecule has 3 rings (SSSR count). The summed E-state index contributed by atoms with van der Waals surface area (Å²) in [6.07, 6.45) is 4.05. The van der Waals surface area contributed by atoms with Crippen molar-refractivity contribution in [3.8, 4) is 0 Å². The van der Waals surface area contributed by atoms with Crippen LogP contribution in [0.1, 0.15) is 24.6 Å². The van der Waals surface area contributed by atoms with Crippen LogP contribution in [-0.4, -0.2) is 22.0 Å². The SMILES string of the molecule is Cn1cccc1[C@@H]1CCCN1C(=O)Nc1ccc(Cl)cc1. The number of anilines is 1. The quantitative estimate of drug-likeness (QED) is 0.893. The minimum absolute atomic E-state index is 0.0546. The van der Waals surface area contributed by atoms with Crippen LogP contribution < -0.4 is 5.32 Å². The van der Waals surface area contributed by atoms with E-state index in [9.17, 15) is 4.79 Å². The fourth-order valence-electron chi connectivity index (χ4n) is 2.87. The number of likely N-dealkylation sites (tertiary alicyclic amines) is 1. The van der Waals surface area contributed by atoms with E-state index in [0.29, 0.717) is 5.02 Å². The van der Waals surface area contributed by atoms with Gasteiger partial charge in [-0.15, -0.1) is 0 Å². The van der Waals surface area contributed by atoms with Crippen LogP contribution in [0.15, 0.2) is 42.6 Å². The minimum atomic E-state index is -0.0546. The first kappa shape index (κ1) is 14.0. The molecule has 1 saturated heterocycles. The smallest absolute Gasteiger partial charge is 0.322 e. The highest BCUT2D eigenvalue weighted by Crippen LogP contribution is 2.32. The number of halogens is 1. The molecule has 21 heavy (non-hydrogen) atoms. The molecule has 1 atom stereocenters. The van der Waals surface area contributed by atoms with Crippen LogP contribution in [0.5, 0.6) is 0 Å². The van der Waals surface area contributed by atoms with Crippen molar-refractivity contribution in [3.63, 3.8) is 0 Å². The maximum absolute atomic E-state index is 12.5. The van der Waals surface area contributed by atoms with Gasteiger partial charge in [0.05, 0.1) is 6.04 Å². The Hall–Kier alpha value is -1.94. The predicted molar refractivity (Wildman–Crippen MR) is 84.6 cm³/mol. The molecule has 1 aliphatic rings. The molecule has 1 N–H and O–H groups in total. The van der Waals surface area contributed by atoms with Crippen molar-refractivity contribution in [2.24, 2.45) is 7.05 Å². The summed E-state index contributed by atoms with van der Waals surface area (Å²) in [4.78, 5) is 14.4. The summed E-state index contributed by atoms with van der Waals surface area (Å²) in [5.74, 6) is 0.